The van der Waals surface area contributed by atoms with Crippen molar-refractivity contribution in [2.24, 2.45) is 0 Å². The molecule has 0 spiro atoms. The zero-order chi connectivity index (χ0) is 14.3. The van der Waals surface area contributed by atoms with Gasteiger partial charge in [-0.15, -0.1) is 0 Å². The van der Waals surface area contributed by atoms with E-state index < -0.39 is 25.6 Å². The molecule has 0 amide bonds. The van der Waals surface area contributed by atoms with Crippen LogP contribution in [0.1, 0.15) is 39.5 Å². The highest BCUT2D eigenvalue weighted by Gasteiger charge is 2.43. The SMILES string of the molecule is CC1CCCCN1S(=O)(=O)NC1(C)CCS(=O)(=O)C1. The van der Waals surface area contributed by atoms with Crippen LogP contribution in [0.4, 0.5) is 0 Å². The van der Waals surface area contributed by atoms with Crippen LogP contribution in [0.15, 0.2) is 0 Å². The molecule has 19 heavy (non-hydrogen) atoms. The number of hydrogen-bond donors (Lipinski definition) is 1. The second-order valence-corrected chi connectivity index (χ2v) is 9.77. The first-order valence-corrected chi connectivity index (χ1v) is 9.91. The van der Waals surface area contributed by atoms with Gasteiger partial charge in [0.05, 0.1) is 11.5 Å². The molecule has 0 radical (unpaired) electrons. The van der Waals surface area contributed by atoms with Crippen LogP contribution in [0, 0.1) is 0 Å². The molecule has 2 heterocycles. The Bertz CT molecular complexity index is 543. The third kappa shape index (κ3) is 3.48. The number of hydrogen-bond acceptors (Lipinski definition) is 4. The highest BCUT2D eigenvalue weighted by molar-refractivity contribution is 7.92. The third-order valence-electron chi connectivity index (χ3n) is 3.93. The van der Waals surface area contributed by atoms with Crippen LogP contribution >= 0.6 is 0 Å². The second kappa shape index (κ2) is 4.98. The minimum Gasteiger partial charge on any atom is -0.229 e. The van der Waals surface area contributed by atoms with E-state index in [4.69, 9.17) is 0 Å². The number of rotatable bonds is 3. The Morgan fingerprint density at radius 1 is 1.32 bits per heavy atom. The maximum atomic E-state index is 12.4. The van der Waals surface area contributed by atoms with Crippen molar-refractivity contribution in [2.45, 2.75) is 51.1 Å². The Morgan fingerprint density at radius 3 is 2.53 bits per heavy atom. The van der Waals surface area contributed by atoms with Gasteiger partial charge in [0.1, 0.15) is 0 Å². The van der Waals surface area contributed by atoms with Crippen molar-refractivity contribution in [3.8, 4) is 0 Å². The van der Waals surface area contributed by atoms with Gasteiger partial charge in [-0.2, -0.15) is 17.4 Å². The van der Waals surface area contributed by atoms with Gasteiger partial charge >= 0.3 is 0 Å². The van der Waals surface area contributed by atoms with E-state index in [0.717, 1.165) is 19.3 Å². The molecule has 0 aromatic rings. The molecule has 2 aliphatic heterocycles. The van der Waals surface area contributed by atoms with Gasteiger partial charge in [0.15, 0.2) is 9.84 Å². The molecule has 1 N–H and O–H groups in total. The standard InChI is InChI=1S/C11H22N2O4S2/c1-10-5-3-4-7-13(10)19(16,17)12-11(2)6-8-18(14,15)9-11/h10,12H,3-9H2,1-2H3. The fourth-order valence-electron chi connectivity index (χ4n) is 2.89. The number of nitrogens with one attached hydrogen (secondary N) is 1. The Hall–Kier alpha value is -0.180. The third-order valence-corrected chi connectivity index (χ3v) is 7.74. The average Bonchev–Trinajstić information content (AvgIpc) is 2.52. The van der Waals surface area contributed by atoms with Crippen LogP contribution in [-0.2, 0) is 20.0 Å². The molecule has 0 aliphatic carbocycles. The summed E-state index contributed by atoms with van der Waals surface area (Å²) in [7, 11) is -6.72. The minimum atomic E-state index is -3.61. The van der Waals surface area contributed by atoms with Crippen LogP contribution in [-0.4, -0.2) is 50.8 Å². The molecule has 0 saturated carbocycles. The van der Waals surface area contributed by atoms with Gasteiger partial charge in [-0.3, -0.25) is 0 Å². The van der Waals surface area contributed by atoms with Crippen LogP contribution in [0.2, 0.25) is 0 Å². The zero-order valence-electron chi connectivity index (χ0n) is 11.4. The van der Waals surface area contributed by atoms with Gasteiger partial charge in [0, 0.05) is 18.1 Å². The Labute approximate surface area is 115 Å². The Morgan fingerprint density at radius 2 is 2.00 bits per heavy atom. The van der Waals surface area contributed by atoms with E-state index in [1.165, 1.54) is 4.31 Å². The number of sulfone groups is 1. The molecule has 8 heteroatoms. The molecule has 0 bridgehead atoms. The number of nitrogens with zero attached hydrogens (tertiary/aromatic N) is 1. The summed E-state index contributed by atoms with van der Waals surface area (Å²) in [6.45, 7) is 4.08. The molecule has 2 aliphatic rings. The summed E-state index contributed by atoms with van der Waals surface area (Å²) in [6.07, 6.45) is 3.10. The molecule has 2 rings (SSSR count). The zero-order valence-corrected chi connectivity index (χ0v) is 13.1. The second-order valence-electron chi connectivity index (χ2n) is 5.97. The van der Waals surface area contributed by atoms with E-state index in [2.05, 4.69) is 4.72 Å². The van der Waals surface area contributed by atoms with Crippen LogP contribution < -0.4 is 4.72 Å². The van der Waals surface area contributed by atoms with Crippen LogP contribution in [0.25, 0.3) is 0 Å². The maximum Gasteiger partial charge on any atom is 0.280 e. The Balaban J connectivity index is 2.13. The van der Waals surface area contributed by atoms with Crippen LogP contribution in [0.3, 0.4) is 0 Å². The van der Waals surface area contributed by atoms with Crippen molar-refractivity contribution in [3.05, 3.63) is 0 Å². The molecular weight excluding hydrogens is 288 g/mol. The molecule has 0 aromatic carbocycles. The molecule has 0 aromatic heterocycles. The van der Waals surface area contributed by atoms with Crippen molar-refractivity contribution in [3.63, 3.8) is 0 Å². The van der Waals surface area contributed by atoms with Crippen molar-refractivity contribution >= 4 is 20.0 Å². The highest BCUT2D eigenvalue weighted by Crippen LogP contribution is 2.26. The summed E-state index contributed by atoms with van der Waals surface area (Å²) in [6, 6.07) is -0.0205. The van der Waals surface area contributed by atoms with E-state index in [1.807, 2.05) is 6.92 Å². The monoisotopic (exact) mass is 310 g/mol. The summed E-state index contributed by atoms with van der Waals surface area (Å²) < 4.78 is 51.9. The molecule has 2 unspecified atom stereocenters. The van der Waals surface area contributed by atoms with E-state index in [1.54, 1.807) is 6.92 Å². The summed E-state index contributed by atoms with van der Waals surface area (Å²) in [5.74, 6) is -0.0526. The van der Waals surface area contributed by atoms with Gasteiger partial charge in [-0.25, -0.2) is 8.42 Å². The fraction of sp³-hybridized carbons (Fsp3) is 1.00. The van der Waals surface area contributed by atoms with Gasteiger partial charge in [0.25, 0.3) is 10.2 Å². The normalized spacial score (nSPS) is 36.4. The van der Waals surface area contributed by atoms with E-state index in [-0.39, 0.29) is 17.5 Å². The largest absolute Gasteiger partial charge is 0.280 e. The van der Waals surface area contributed by atoms with Crippen molar-refractivity contribution in [1.29, 1.82) is 0 Å². The highest BCUT2D eigenvalue weighted by atomic mass is 32.2. The smallest absolute Gasteiger partial charge is 0.229 e. The molecule has 2 saturated heterocycles. The number of piperidine rings is 1. The Kier molecular flexibility index (Phi) is 3.99. The first kappa shape index (κ1) is 15.2. The first-order chi connectivity index (χ1) is 8.64. The molecule has 112 valence electrons. The first-order valence-electron chi connectivity index (χ1n) is 6.65. The van der Waals surface area contributed by atoms with E-state index in [0.29, 0.717) is 13.0 Å². The van der Waals surface area contributed by atoms with Crippen molar-refractivity contribution in [2.75, 3.05) is 18.1 Å². The average molecular weight is 310 g/mol. The van der Waals surface area contributed by atoms with Crippen molar-refractivity contribution in [1.82, 2.24) is 9.03 Å². The van der Waals surface area contributed by atoms with Gasteiger partial charge in [0.2, 0.25) is 0 Å². The van der Waals surface area contributed by atoms with Crippen molar-refractivity contribution < 1.29 is 16.8 Å². The lowest BCUT2D eigenvalue weighted by molar-refractivity contribution is 0.260. The molecular formula is C11H22N2O4S2. The van der Waals surface area contributed by atoms with E-state index in [9.17, 15) is 16.8 Å². The minimum absolute atomic E-state index is 0.0205. The summed E-state index contributed by atoms with van der Waals surface area (Å²) in [5.41, 5.74) is -0.866. The maximum absolute atomic E-state index is 12.4. The topological polar surface area (TPSA) is 83.6 Å². The van der Waals surface area contributed by atoms with Crippen LogP contribution in [0.5, 0.6) is 0 Å². The lowest BCUT2D eigenvalue weighted by atomic mass is 10.0. The predicted molar refractivity (Wildman–Crippen MR) is 73.8 cm³/mol. The lowest BCUT2D eigenvalue weighted by Crippen LogP contribution is -2.55. The summed E-state index contributed by atoms with van der Waals surface area (Å²) >= 11 is 0. The molecule has 2 fully saturated rings. The van der Waals surface area contributed by atoms with Gasteiger partial charge in [-0.1, -0.05) is 6.42 Å². The predicted octanol–water partition coefficient (Wildman–Crippen LogP) is 0.272. The molecule has 6 nitrogen and oxygen atoms in total. The summed E-state index contributed by atoms with van der Waals surface area (Å²) in [4.78, 5) is 0. The van der Waals surface area contributed by atoms with E-state index >= 15 is 0 Å². The summed E-state index contributed by atoms with van der Waals surface area (Å²) in [5, 5.41) is 0. The molecule has 2 atom stereocenters. The van der Waals surface area contributed by atoms with Gasteiger partial charge in [-0.05, 0) is 33.1 Å². The fourth-order valence-corrected chi connectivity index (χ4v) is 6.94. The van der Waals surface area contributed by atoms with Gasteiger partial charge < -0.3 is 0 Å². The lowest BCUT2D eigenvalue weighted by Gasteiger charge is -2.35. The quantitative estimate of drug-likeness (QED) is 0.811.